The highest BCUT2D eigenvalue weighted by molar-refractivity contribution is 5.24. The third kappa shape index (κ3) is 3.10. The largest absolute Gasteiger partial charge is 0.380 e. The first kappa shape index (κ1) is 13.5. The van der Waals surface area contributed by atoms with E-state index >= 15 is 0 Å². The molecule has 2 unspecified atom stereocenters. The van der Waals surface area contributed by atoms with Crippen molar-refractivity contribution in [2.75, 3.05) is 26.7 Å². The highest BCUT2D eigenvalue weighted by Crippen LogP contribution is 2.24. The zero-order valence-corrected chi connectivity index (χ0v) is 11.4. The minimum absolute atomic E-state index is 0.323. The first-order chi connectivity index (χ1) is 8.74. The first-order valence-corrected chi connectivity index (χ1v) is 6.78. The van der Waals surface area contributed by atoms with Crippen molar-refractivity contribution in [2.45, 2.75) is 31.9 Å². The predicted molar refractivity (Wildman–Crippen MR) is 74.6 cm³/mol. The first-order valence-electron chi connectivity index (χ1n) is 6.78. The molecule has 1 saturated heterocycles. The van der Waals surface area contributed by atoms with Crippen LogP contribution in [0.25, 0.3) is 0 Å². The topological polar surface area (TPSA) is 38.5 Å². The smallest absolute Gasteiger partial charge is 0.0698 e. The third-order valence-corrected chi connectivity index (χ3v) is 3.87. The number of likely N-dealkylation sites (tertiary alicyclic amines) is 1. The standard InChI is InChI=1S/C15H24N2O/c1-12-5-7-13(8-6-12)15(10-16)17-9-3-4-14(11-17)18-2/h5-8,14-15H,3-4,9-11,16H2,1-2H3. The van der Waals surface area contributed by atoms with Gasteiger partial charge in [-0.3, -0.25) is 4.90 Å². The van der Waals surface area contributed by atoms with Gasteiger partial charge >= 0.3 is 0 Å². The van der Waals surface area contributed by atoms with Crippen LogP contribution in [-0.2, 0) is 4.74 Å². The Bertz CT molecular complexity index is 363. The van der Waals surface area contributed by atoms with Crippen LogP contribution in [0.5, 0.6) is 0 Å². The van der Waals surface area contributed by atoms with Gasteiger partial charge in [0.05, 0.1) is 6.10 Å². The number of hydrogen-bond donors (Lipinski definition) is 1. The number of methoxy groups -OCH3 is 1. The van der Waals surface area contributed by atoms with E-state index in [1.165, 1.54) is 17.5 Å². The molecule has 18 heavy (non-hydrogen) atoms. The number of nitrogens with zero attached hydrogens (tertiary/aromatic N) is 1. The maximum atomic E-state index is 5.98. The molecule has 0 radical (unpaired) electrons. The van der Waals surface area contributed by atoms with E-state index in [0.29, 0.717) is 18.7 Å². The number of ether oxygens (including phenoxy) is 1. The summed E-state index contributed by atoms with van der Waals surface area (Å²) in [7, 11) is 1.80. The van der Waals surface area contributed by atoms with Gasteiger partial charge in [-0.05, 0) is 31.9 Å². The van der Waals surface area contributed by atoms with E-state index in [0.717, 1.165) is 19.5 Å². The summed E-state index contributed by atoms with van der Waals surface area (Å²) in [6.45, 7) is 4.89. The summed E-state index contributed by atoms with van der Waals surface area (Å²) >= 11 is 0. The quantitative estimate of drug-likeness (QED) is 0.887. The van der Waals surface area contributed by atoms with Crippen molar-refractivity contribution in [3.05, 3.63) is 35.4 Å². The molecule has 3 heteroatoms. The molecular formula is C15H24N2O. The van der Waals surface area contributed by atoms with E-state index in [-0.39, 0.29) is 0 Å². The van der Waals surface area contributed by atoms with Gasteiger partial charge in [-0.2, -0.15) is 0 Å². The number of hydrogen-bond acceptors (Lipinski definition) is 3. The van der Waals surface area contributed by atoms with Crippen LogP contribution in [0.1, 0.15) is 30.0 Å². The molecule has 2 atom stereocenters. The lowest BCUT2D eigenvalue weighted by molar-refractivity contribution is 0.0155. The molecule has 0 aliphatic carbocycles. The maximum Gasteiger partial charge on any atom is 0.0698 e. The Hall–Kier alpha value is -0.900. The molecule has 0 amide bonds. The molecule has 1 fully saturated rings. The zero-order chi connectivity index (χ0) is 13.0. The van der Waals surface area contributed by atoms with Crippen molar-refractivity contribution in [2.24, 2.45) is 5.73 Å². The highest BCUT2D eigenvalue weighted by Gasteiger charge is 2.25. The van der Waals surface area contributed by atoms with Gasteiger partial charge in [-0.1, -0.05) is 29.8 Å². The van der Waals surface area contributed by atoms with Gasteiger partial charge in [0.15, 0.2) is 0 Å². The fourth-order valence-corrected chi connectivity index (χ4v) is 2.73. The monoisotopic (exact) mass is 248 g/mol. The van der Waals surface area contributed by atoms with E-state index in [1.807, 2.05) is 0 Å². The lowest BCUT2D eigenvalue weighted by Crippen LogP contribution is -2.43. The van der Waals surface area contributed by atoms with Crippen molar-refractivity contribution in [1.82, 2.24) is 4.90 Å². The molecule has 100 valence electrons. The molecule has 1 heterocycles. The van der Waals surface area contributed by atoms with Crippen molar-refractivity contribution in [3.8, 4) is 0 Å². The van der Waals surface area contributed by atoms with Crippen molar-refractivity contribution >= 4 is 0 Å². The van der Waals surface area contributed by atoms with Crippen LogP contribution < -0.4 is 5.73 Å². The Labute approximate surface area is 110 Å². The molecule has 3 nitrogen and oxygen atoms in total. The molecule has 1 aliphatic rings. The van der Waals surface area contributed by atoms with E-state index in [1.54, 1.807) is 7.11 Å². The Morgan fingerprint density at radius 2 is 2.11 bits per heavy atom. The SMILES string of the molecule is COC1CCCN(C(CN)c2ccc(C)cc2)C1. The molecule has 0 spiro atoms. The molecule has 1 aliphatic heterocycles. The number of benzene rings is 1. The molecular weight excluding hydrogens is 224 g/mol. The second-order valence-corrected chi connectivity index (χ2v) is 5.16. The molecule has 0 saturated carbocycles. The van der Waals surface area contributed by atoms with Gasteiger partial charge < -0.3 is 10.5 Å². The van der Waals surface area contributed by atoms with Crippen LogP contribution in [-0.4, -0.2) is 37.7 Å². The minimum atomic E-state index is 0.323. The summed E-state index contributed by atoms with van der Waals surface area (Å²) in [6.07, 6.45) is 2.72. The van der Waals surface area contributed by atoms with Gasteiger partial charge in [0.25, 0.3) is 0 Å². The summed E-state index contributed by atoms with van der Waals surface area (Å²) in [5.74, 6) is 0. The number of piperidine rings is 1. The Balaban J connectivity index is 2.10. The molecule has 0 bridgehead atoms. The van der Waals surface area contributed by atoms with Crippen LogP contribution in [0.15, 0.2) is 24.3 Å². The molecule has 1 aromatic carbocycles. The highest BCUT2D eigenvalue weighted by atomic mass is 16.5. The summed E-state index contributed by atoms with van der Waals surface area (Å²) in [4.78, 5) is 2.46. The number of rotatable bonds is 4. The van der Waals surface area contributed by atoms with E-state index < -0.39 is 0 Å². The molecule has 1 aromatic rings. The molecule has 2 rings (SSSR count). The van der Waals surface area contributed by atoms with Crippen molar-refractivity contribution < 1.29 is 4.74 Å². The van der Waals surface area contributed by atoms with Crippen LogP contribution in [0, 0.1) is 6.92 Å². The zero-order valence-electron chi connectivity index (χ0n) is 11.4. The second kappa shape index (κ2) is 6.32. The minimum Gasteiger partial charge on any atom is -0.380 e. The van der Waals surface area contributed by atoms with Gasteiger partial charge in [-0.25, -0.2) is 0 Å². The lowest BCUT2D eigenvalue weighted by Gasteiger charge is -2.37. The summed E-state index contributed by atoms with van der Waals surface area (Å²) in [6, 6.07) is 9.04. The fourth-order valence-electron chi connectivity index (χ4n) is 2.73. The van der Waals surface area contributed by atoms with E-state index in [4.69, 9.17) is 10.5 Å². The fraction of sp³-hybridized carbons (Fsp3) is 0.600. The van der Waals surface area contributed by atoms with Crippen LogP contribution in [0.3, 0.4) is 0 Å². The average Bonchev–Trinajstić information content (AvgIpc) is 2.42. The van der Waals surface area contributed by atoms with Crippen molar-refractivity contribution in [1.29, 1.82) is 0 Å². The average molecular weight is 248 g/mol. The summed E-state index contributed by atoms with van der Waals surface area (Å²) in [5, 5.41) is 0. The second-order valence-electron chi connectivity index (χ2n) is 5.16. The van der Waals surface area contributed by atoms with Crippen LogP contribution >= 0.6 is 0 Å². The van der Waals surface area contributed by atoms with Crippen molar-refractivity contribution in [3.63, 3.8) is 0 Å². The Kier molecular flexibility index (Phi) is 4.75. The maximum absolute atomic E-state index is 5.98. The summed E-state index contributed by atoms with van der Waals surface area (Å²) < 4.78 is 5.49. The number of aryl methyl sites for hydroxylation is 1. The van der Waals surface area contributed by atoms with E-state index in [2.05, 4.69) is 36.1 Å². The molecule has 2 N–H and O–H groups in total. The van der Waals surface area contributed by atoms with Crippen LogP contribution in [0.4, 0.5) is 0 Å². The van der Waals surface area contributed by atoms with Gasteiger partial charge in [0.1, 0.15) is 0 Å². The van der Waals surface area contributed by atoms with E-state index in [9.17, 15) is 0 Å². The van der Waals surface area contributed by atoms with Crippen LogP contribution in [0.2, 0.25) is 0 Å². The predicted octanol–water partition coefficient (Wildman–Crippen LogP) is 2.11. The van der Waals surface area contributed by atoms with Gasteiger partial charge in [-0.15, -0.1) is 0 Å². The molecule has 0 aromatic heterocycles. The Morgan fingerprint density at radius 3 is 2.72 bits per heavy atom. The summed E-state index contributed by atoms with van der Waals surface area (Å²) in [5.41, 5.74) is 8.59. The van der Waals surface area contributed by atoms with Gasteiger partial charge in [0.2, 0.25) is 0 Å². The lowest BCUT2D eigenvalue weighted by atomic mass is 10.00. The Morgan fingerprint density at radius 1 is 1.39 bits per heavy atom. The normalized spacial score (nSPS) is 22.9. The number of nitrogens with two attached hydrogens (primary N) is 1. The van der Waals surface area contributed by atoms with Gasteiger partial charge in [0, 0.05) is 26.2 Å². The third-order valence-electron chi connectivity index (χ3n) is 3.87.